The number of hydrogen-bond donors (Lipinski definition) is 1. The molecule has 118 valence electrons. The van der Waals surface area contributed by atoms with Crippen LogP contribution < -0.4 is 5.32 Å². The van der Waals surface area contributed by atoms with Crippen LogP contribution in [0.1, 0.15) is 10.4 Å². The number of nitrogens with zero attached hydrogens (tertiary/aromatic N) is 4. The third-order valence-corrected chi connectivity index (χ3v) is 5.13. The van der Waals surface area contributed by atoms with Gasteiger partial charge >= 0.3 is 0 Å². The van der Waals surface area contributed by atoms with Gasteiger partial charge in [0.1, 0.15) is 0 Å². The molecule has 0 fully saturated rings. The molecule has 2 heterocycles. The van der Waals surface area contributed by atoms with Crippen LogP contribution in [-0.4, -0.2) is 31.9 Å². The summed E-state index contributed by atoms with van der Waals surface area (Å²) in [5.74, 6) is 0.239. The van der Waals surface area contributed by atoms with E-state index in [-0.39, 0.29) is 11.7 Å². The first-order valence-corrected chi connectivity index (χ1v) is 8.87. The molecule has 0 spiro atoms. The molecule has 0 aliphatic rings. The highest BCUT2D eigenvalue weighted by Crippen LogP contribution is 2.18. The summed E-state index contributed by atoms with van der Waals surface area (Å²) in [4.78, 5) is 13.2. The van der Waals surface area contributed by atoms with Gasteiger partial charge in [-0.2, -0.15) is 4.68 Å². The molecule has 0 saturated heterocycles. The highest BCUT2D eigenvalue weighted by Gasteiger charge is 2.11. The van der Waals surface area contributed by atoms with Crippen LogP contribution in [0.2, 0.25) is 0 Å². The maximum Gasteiger partial charge on any atom is 0.230 e. The Morgan fingerprint density at radius 3 is 2.87 bits per heavy atom. The van der Waals surface area contributed by atoms with Gasteiger partial charge in [0.2, 0.25) is 11.1 Å². The van der Waals surface area contributed by atoms with Crippen molar-refractivity contribution in [1.29, 1.82) is 0 Å². The van der Waals surface area contributed by atoms with Crippen molar-refractivity contribution in [2.24, 2.45) is 0 Å². The minimum atomic E-state index is -0.0367. The van der Waals surface area contributed by atoms with E-state index in [1.54, 1.807) is 16.0 Å². The summed E-state index contributed by atoms with van der Waals surface area (Å²) in [6.45, 7) is 2.60. The van der Waals surface area contributed by atoms with E-state index in [2.05, 4.69) is 26.9 Å². The summed E-state index contributed by atoms with van der Waals surface area (Å²) in [6.07, 6.45) is 0. The Labute approximate surface area is 141 Å². The van der Waals surface area contributed by atoms with Crippen molar-refractivity contribution < 1.29 is 4.79 Å². The molecule has 0 radical (unpaired) electrons. The Balaban J connectivity index is 1.56. The minimum Gasteiger partial charge on any atom is -0.350 e. The highest BCUT2D eigenvalue weighted by atomic mass is 32.2. The molecule has 3 aromatic rings. The van der Waals surface area contributed by atoms with Gasteiger partial charge in [-0.05, 0) is 46.5 Å². The molecule has 1 aromatic carbocycles. The first kappa shape index (κ1) is 15.7. The quantitative estimate of drug-likeness (QED) is 0.695. The number of benzene rings is 1. The van der Waals surface area contributed by atoms with Crippen LogP contribution in [0.25, 0.3) is 5.69 Å². The number of thiophene rings is 1. The Kier molecular flexibility index (Phi) is 5.04. The average molecular weight is 345 g/mol. The van der Waals surface area contributed by atoms with E-state index in [4.69, 9.17) is 0 Å². The normalized spacial score (nSPS) is 10.7. The number of aryl methyl sites for hydroxylation is 1. The van der Waals surface area contributed by atoms with Gasteiger partial charge in [-0.25, -0.2) is 0 Å². The lowest BCUT2D eigenvalue weighted by molar-refractivity contribution is -0.118. The lowest BCUT2D eigenvalue weighted by Crippen LogP contribution is -2.24. The standard InChI is InChI=1S/C15H15N5OS2/c1-11-7-8-22-13(11)9-16-14(21)10-23-15-17-18-19-20(15)12-5-3-2-4-6-12/h2-8H,9-10H2,1H3,(H,16,21). The summed E-state index contributed by atoms with van der Waals surface area (Å²) < 4.78 is 1.63. The number of nitrogens with one attached hydrogen (secondary N) is 1. The van der Waals surface area contributed by atoms with Gasteiger partial charge in [-0.1, -0.05) is 30.0 Å². The molecule has 0 aliphatic heterocycles. The molecule has 1 amide bonds. The Morgan fingerprint density at radius 1 is 1.30 bits per heavy atom. The van der Waals surface area contributed by atoms with E-state index in [1.165, 1.54) is 22.2 Å². The second kappa shape index (κ2) is 7.38. The molecule has 6 nitrogen and oxygen atoms in total. The van der Waals surface area contributed by atoms with Crippen LogP contribution in [0, 0.1) is 6.92 Å². The highest BCUT2D eigenvalue weighted by molar-refractivity contribution is 7.99. The first-order chi connectivity index (χ1) is 11.2. The molecule has 1 N–H and O–H groups in total. The average Bonchev–Trinajstić information content (AvgIpc) is 3.20. The van der Waals surface area contributed by atoms with Gasteiger partial charge < -0.3 is 5.32 Å². The Bertz CT molecular complexity index is 784. The monoisotopic (exact) mass is 345 g/mol. The maximum absolute atomic E-state index is 12.0. The van der Waals surface area contributed by atoms with E-state index >= 15 is 0 Å². The van der Waals surface area contributed by atoms with E-state index in [9.17, 15) is 4.79 Å². The fraction of sp³-hybridized carbons (Fsp3) is 0.200. The third kappa shape index (κ3) is 3.96. The van der Waals surface area contributed by atoms with Crippen LogP contribution in [0.4, 0.5) is 0 Å². The second-order valence-electron chi connectivity index (χ2n) is 4.80. The number of amides is 1. The molecule has 0 unspecified atom stereocenters. The minimum absolute atomic E-state index is 0.0367. The molecular formula is C15H15N5OS2. The topological polar surface area (TPSA) is 72.7 Å². The maximum atomic E-state index is 12.0. The molecule has 0 aliphatic carbocycles. The van der Waals surface area contributed by atoms with E-state index < -0.39 is 0 Å². The molecule has 0 bridgehead atoms. The van der Waals surface area contributed by atoms with Crippen molar-refractivity contribution >= 4 is 29.0 Å². The number of para-hydroxylation sites is 1. The van der Waals surface area contributed by atoms with Crippen LogP contribution >= 0.6 is 23.1 Å². The summed E-state index contributed by atoms with van der Waals surface area (Å²) >= 11 is 2.97. The van der Waals surface area contributed by atoms with Crippen molar-refractivity contribution in [3.63, 3.8) is 0 Å². The van der Waals surface area contributed by atoms with Gasteiger partial charge in [0.05, 0.1) is 18.0 Å². The predicted octanol–water partition coefficient (Wildman–Crippen LogP) is 2.44. The molecule has 8 heteroatoms. The second-order valence-corrected chi connectivity index (χ2v) is 6.74. The molecule has 2 aromatic heterocycles. The van der Waals surface area contributed by atoms with E-state index in [1.807, 2.05) is 42.6 Å². The fourth-order valence-electron chi connectivity index (χ4n) is 1.95. The smallest absolute Gasteiger partial charge is 0.230 e. The van der Waals surface area contributed by atoms with Gasteiger partial charge in [0.15, 0.2) is 0 Å². The van der Waals surface area contributed by atoms with Gasteiger partial charge in [0, 0.05) is 4.88 Å². The zero-order chi connectivity index (χ0) is 16.1. The largest absolute Gasteiger partial charge is 0.350 e. The van der Waals surface area contributed by atoms with E-state index in [0.717, 1.165) is 5.69 Å². The number of aromatic nitrogens is 4. The summed E-state index contributed by atoms with van der Waals surface area (Å²) in [5.41, 5.74) is 2.07. The molecule has 0 atom stereocenters. The van der Waals surface area contributed by atoms with Gasteiger partial charge in [-0.3, -0.25) is 4.79 Å². The Morgan fingerprint density at radius 2 is 2.13 bits per heavy atom. The van der Waals surface area contributed by atoms with Crippen LogP contribution in [0.3, 0.4) is 0 Å². The summed E-state index contributed by atoms with van der Waals surface area (Å²) in [6, 6.07) is 11.7. The molecule has 0 saturated carbocycles. The van der Waals surface area contributed by atoms with Crippen molar-refractivity contribution in [2.75, 3.05) is 5.75 Å². The first-order valence-electron chi connectivity index (χ1n) is 7.00. The zero-order valence-corrected chi connectivity index (χ0v) is 14.1. The molecular weight excluding hydrogens is 330 g/mol. The Hall–Kier alpha value is -2.19. The molecule has 3 rings (SSSR count). The lowest BCUT2D eigenvalue weighted by Gasteiger charge is -2.05. The molecule has 23 heavy (non-hydrogen) atoms. The van der Waals surface area contributed by atoms with Crippen molar-refractivity contribution in [3.05, 3.63) is 52.2 Å². The van der Waals surface area contributed by atoms with Gasteiger partial charge in [-0.15, -0.1) is 16.4 Å². The van der Waals surface area contributed by atoms with Crippen LogP contribution in [-0.2, 0) is 11.3 Å². The fourth-order valence-corrected chi connectivity index (χ4v) is 3.51. The van der Waals surface area contributed by atoms with Crippen molar-refractivity contribution in [3.8, 4) is 5.69 Å². The zero-order valence-electron chi connectivity index (χ0n) is 12.5. The summed E-state index contributed by atoms with van der Waals surface area (Å²) in [7, 11) is 0. The van der Waals surface area contributed by atoms with Crippen LogP contribution in [0.15, 0.2) is 46.9 Å². The van der Waals surface area contributed by atoms with Crippen molar-refractivity contribution in [2.45, 2.75) is 18.6 Å². The van der Waals surface area contributed by atoms with Crippen LogP contribution in [0.5, 0.6) is 0 Å². The number of carbonyl (C=O) groups is 1. The number of thioether (sulfide) groups is 1. The lowest BCUT2D eigenvalue weighted by atomic mass is 10.3. The number of tetrazole rings is 1. The SMILES string of the molecule is Cc1ccsc1CNC(=O)CSc1nnnn1-c1ccccc1. The van der Waals surface area contributed by atoms with Gasteiger partial charge in [0.25, 0.3) is 0 Å². The number of carbonyl (C=O) groups excluding carboxylic acids is 1. The number of rotatable bonds is 6. The number of hydrogen-bond acceptors (Lipinski definition) is 6. The third-order valence-electron chi connectivity index (χ3n) is 3.19. The van der Waals surface area contributed by atoms with E-state index in [0.29, 0.717) is 11.7 Å². The summed E-state index contributed by atoms with van der Waals surface area (Å²) in [5, 5.41) is 17.2. The predicted molar refractivity (Wildman–Crippen MR) is 90.8 cm³/mol. The van der Waals surface area contributed by atoms with Crippen molar-refractivity contribution in [1.82, 2.24) is 25.5 Å².